The first-order chi connectivity index (χ1) is 8.66. The average molecular weight is 244 g/mol. The molecule has 0 spiro atoms. The third-order valence-electron chi connectivity index (χ3n) is 2.39. The van der Waals surface area contributed by atoms with Crippen LogP contribution < -0.4 is 5.32 Å². The molecule has 1 heterocycles. The molecule has 0 radical (unpaired) electrons. The largest absolute Gasteiger partial charge is 0.508 e. The Morgan fingerprint density at radius 2 is 1.83 bits per heavy atom. The van der Waals surface area contributed by atoms with Gasteiger partial charge in [-0.1, -0.05) is 18.2 Å². The van der Waals surface area contributed by atoms with Crippen molar-refractivity contribution in [3.63, 3.8) is 0 Å². The second-order valence-corrected chi connectivity index (χ2v) is 3.72. The highest BCUT2D eigenvalue weighted by Gasteiger charge is 2.09. The molecule has 1 aromatic carbocycles. The number of anilines is 1. The number of phenols is 1. The first-order valence-electron chi connectivity index (χ1n) is 5.37. The van der Waals surface area contributed by atoms with Gasteiger partial charge in [-0.15, -0.1) is 0 Å². The summed E-state index contributed by atoms with van der Waals surface area (Å²) in [5.41, 5.74) is 0.519. The number of amides is 1. The van der Waals surface area contributed by atoms with Crippen LogP contribution in [0.15, 0.2) is 42.6 Å². The van der Waals surface area contributed by atoms with Crippen molar-refractivity contribution in [3.05, 3.63) is 48.2 Å². The van der Waals surface area contributed by atoms with Gasteiger partial charge in [0.05, 0.1) is 6.42 Å². The zero-order chi connectivity index (χ0) is 13.0. The Bertz CT molecular complexity index is 520. The number of pyridine rings is 1. The number of hydrogen-bond donors (Lipinski definition) is 3. The Morgan fingerprint density at radius 1 is 1.11 bits per heavy atom. The molecule has 5 heteroatoms. The fourth-order valence-electron chi connectivity index (χ4n) is 1.50. The highest BCUT2D eigenvalue weighted by molar-refractivity contribution is 5.92. The first kappa shape index (κ1) is 11.9. The maximum absolute atomic E-state index is 11.7. The molecule has 0 fully saturated rings. The minimum atomic E-state index is -0.356. The van der Waals surface area contributed by atoms with Crippen LogP contribution in [-0.4, -0.2) is 21.1 Å². The predicted molar refractivity (Wildman–Crippen MR) is 66.3 cm³/mol. The summed E-state index contributed by atoms with van der Waals surface area (Å²) in [6, 6.07) is 9.59. The van der Waals surface area contributed by atoms with Crippen molar-refractivity contribution in [1.29, 1.82) is 0 Å². The molecule has 0 aliphatic carbocycles. The monoisotopic (exact) mass is 244 g/mol. The summed E-state index contributed by atoms with van der Waals surface area (Å²) < 4.78 is 0. The lowest BCUT2D eigenvalue weighted by atomic mass is 10.1. The molecule has 0 aliphatic heterocycles. The zero-order valence-electron chi connectivity index (χ0n) is 9.50. The Hall–Kier alpha value is -2.56. The van der Waals surface area contributed by atoms with Crippen molar-refractivity contribution in [2.24, 2.45) is 0 Å². The van der Waals surface area contributed by atoms with Gasteiger partial charge in [0, 0.05) is 11.8 Å². The van der Waals surface area contributed by atoms with Crippen molar-refractivity contribution < 1.29 is 15.0 Å². The Kier molecular flexibility index (Phi) is 3.43. The van der Waals surface area contributed by atoms with Crippen LogP contribution in [0.2, 0.25) is 0 Å². The third kappa shape index (κ3) is 2.76. The van der Waals surface area contributed by atoms with Gasteiger partial charge in [0.25, 0.3) is 0 Å². The molecule has 0 saturated heterocycles. The van der Waals surface area contributed by atoms with Crippen molar-refractivity contribution in [2.45, 2.75) is 6.42 Å². The SMILES string of the molecule is O=C(Cc1ccccc1O)Nc1ncccc1O. The van der Waals surface area contributed by atoms with Crippen LogP contribution in [0.1, 0.15) is 5.56 Å². The van der Waals surface area contributed by atoms with Gasteiger partial charge in [-0.2, -0.15) is 0 Å². The Balaban J connectivity index is 2.06. The van der Waals surface area contributed by atoms with Crippen molar-refractivity contribution in [1.82, 2.24) is 4.98 Å². The first-order valence-corrected chi connectivity index (χ1v) is 5.37. The minimum Gasteiger partial charge on any atom is -0.508 e. The molecule has 18 heavy (non-hydrogen) atoms. The standard InChI is InChI=1S/C13H12N2O3/c16-10-5-2-1-4-9(10)8-12(18)15-13-11(17)6-3-7-14-13/h1-7,16-17H,8H2,(H,14,15,18). The van der Waals surface area contributed by atoms with E-state index in [0.29, 0.717) is 5.56 Å². The summed E-state index contributed by atoms with van der Waals surface area (Å²) in [4.78, 5) is 15.6. The van der Waals surface area contributed by atoms with E-state index in [1.807, 2.05) is 0 Å². The van der Waals surface area contributed by atoms with E-state index in [1.54, 1.807) is 24.3 Å². The lowest BCUT2D eigenvalue weighted by Gasteiger charge is -2.06. The van der Waals surface area contributed by atoms with Crippen molar-refractivity contribution >= 4 is 11.7 Å². The molecular formula is C13H12N2O3. The molecule has 5 nitrogen and oxygen atoms in total. The van der Waals surface area contributed by atoms with Gasteiger partial charge < -0.3 is 15.5 Å². The van der Waals surface area contributed by atoms with Crippen LogP contribution >= 0.6 is 0 Å². The van der Waals surface area contributed by atoms with E-state index in [2.05, 4.69) is 10.3 Å². The van der Waals surface area contributed by atoms with Crippen molar-refractivity contribution in [3.8, 4) is 11.5 Å². The smallest absolute Gasteiger partial charge is 0.230 e. The predicted octanol–water partition coefficient (Wildman–Crippen LogP) is 1.67. The van der Waals surface area contributed by atoms with Crippen LogP contribution in [0.25, 0.3) is 0 Å². The number of aromatic nitrogens is 1. The van der Waals surface area contributed by atoms with Crippen molar-refractivity contribution in [2.75, 3.05) is 5.32 Å². The number of phenolic OH excluding ortho intramolecular Hbond substituents is 1. The van der Waals surface area contributed by atoms with Gasteiger partial charge in [0.1, 0.15) is 5.75 Å². The molecule has 0 aliphatic rings. The molecule has 0 atom stereocenters. The van der Waals surface area contributed by atoms with Gasteiger partial charge >= 0.3 is 0 Å². The van der Waals surface area contributed by atoms with Gasteiger partial charge in [-0.25, -0.2) is 4.98 Å². The number of hydrogen-bond acceptors (Lipinski definition) is 4. The second kappa shape index (κ2) is 5.18. The zero-order valence-corrected chi connectivity index (χ0v) is 9.50. The van der Waals surface area contributed by atoms with Gasteiger partial charge in [-0.3, -0.25) is 4.79 Å². The topological polar surface area (TPSA) is 82.5 Å². The summed E-state index contributed by atoms with van der Waals surface area (Å²) in [7, 11) is 0. The number of carbonyl (C=O) groups is 1. The maximum atomic E-state index is 11.7. The molecular weight excluding hydrogens is 232 g/mol. The van der Waals surface area contributed by atoms with Gasteiger partial charge in [0.15, 0.2) is 11.6 Å². The number of nitrogens with one attached hydrogen (secondary N) is 1. The number of rotatable bonds is 3. The quantitative estimate of drug-likeness (QED) is 0.767. The van der Waals surface area contributed by atoms with E-state index in [-0.39, 0.29) is 29.6 Å². The van der Waals surface area contributed by atoms with Gasteiger partial charge in [-0.05, 0) is 18.2 Å². The van der Waals surface area contributed by atoms with Gasteiger partial charge in [0.2, 0.25) is 5.91 Å². The second-order valence-electron chi connectivity index (χ2n) is 3.72. The highest BCUT2D eigenvalue weighted by atomic mass is 16.3. The molecule has 2 rings (SSSR count). The van der Waals surface area contributed by atoms with E-state index in [4.69, 9.17) is 0 Å². The molecule has 1 aromatic heterocycles. The number of benzene rings is 1. The molecule has 1 amide bonds. The van der Waals surface area contributed by atoms with E-state index in [0.717, 1.165) is 0 Å². The summed E-state index contributed by atoms with van der Waals surface area (Å²) in [6.45, 7) is 0. The molecule has 3 N–H and O–H groups in total. The summed E-state index contributed by atoms with van der Waals surface area (Å²) >= 11 is 0. The van der Waals surface area contributed by atoms with E-state index in [9.17, 15) is 15.0 Å². The summed E-state index contributed by atoms with van der Waals surface area (Å²) in [5, 5.41) is 21.5. The number of aromatic hydroxyl groups is 2. The molecule has 0 saturated carbocycles. The average Bonchev–Trinajstić information content (AvgIpc) is 2.35. The molecule has 0 unspecified atom stereocenters. The fraction of sp³-hybridized carbons (Fsp3) is 0.0769. The normalized spacial score (nSPS) is 10.0. The Labute approximate surface area is 104 Å². The van der Waals surface area contributed by atoms with E-state index in [1.165, 1.54) is 18.3 Å². The maximum Gasteiger partial charge on any atom is 0.230 e. The number of carbonyl (C=O) groups excluding carboxylic acids is 1. The number of para-hydroxylation sites is 1. The minimum absolute atomic E-state index is 0.0166. The Morgan fingerprint density at radius 3 is 2.56 bits per heavy atom. The molecule has 0 bridgehead atoms. The van der Waals surface area contributed by atoms with E-state index >= 15 is 0 Å². The van der Waals surface area contributed by atoms with Crippen LogP contribution in [0.4, 0.5) is 5.82 Å². The number of nitrogens with zero attached hydrogens (tertiary/aromatic N) is 1. The molecule has 92 valence electrons. The third-order valence-corrected chi connectivity index (χ3v) is 2.39. The lowest BCUT2D eigenvalue weighted by molar-refractivity contribution is -0.115. The summed E-state index contributed by atoms with van der Waals surface area (Å²) in [6.07, 6.45) is 1.48. The summed E-state index contributed by atoms with van der Waals surface area (Å²) in [5.74, 6) is -0.274. The fourth-order valence-corrected chi connectivity index (χ4v) is 1.50. The highest BCUT2D eigenvalue weighted by Crippen LogP contribution is 2.20. The van der Waals surface area contributed by atoms with Crippen LogP contribution in [0, 0.1) is 0 Å². The van der Waals surface area contributed by atoms with Crippen LogP contribution in [-0.2, 0) is 11.2 Å². The van der Waals surface area contributed by atoms with Crippen LogP contribution in [0.3, 0.4) is 0 Å². The van der Waals surface area contributed by atoms with E-state index < -0.39 is 0 Å². The van der Waals surface area contributed by atoms with Crippen LogP contribution in [0.5, 0.6) is 11.5 Å². The molecule has 2 aromatic rings. The lowest BCUT2D eigenvalue weighted by Crippen LogP contribution is -2.15.